The van der Waals surface area contributed by atoms with E-state index in [0.717, 1.165) is 6.26 Å². The second-order valence-corrected chi connectivity index (χ2v) is 6.34. The van der Waals surface area contributed by atoms with Crippen molar-refractivity contribution in [1.29, 1.82) is 0 Å². The Bertz CT molecular complexity index is 696. The van der Waals surface area contributed by atoms with E-state index >= 15 is 0 Å². The lowest BCUT2D eigenvalue weighted by atomic mass is 10.2. The van der Waals surface area contributed by atoms with Crippen molar-refractivity contribution in [3.63, 3.8) is 0 Å². The van der Waals surface area contributed by atoms with Crippen LogP contribution >= 0.6 is 0 Å². The van der Waals surface area contributed by atoms with Crippen LogP contribution in [0.3, 0.4) is 0 Å². The van der Waals surface area contributed by atoms with Gasteiger partial charge in [0.05, 0.1) is 17.5 Å². The maximum atomic E-state index is 11.5. The van der Waals surface area contributed by atoms with Crippen molar-refractivity contribution in [2.45, 2.75) is 10.9 Å². The summed E-state index contributed by atoms with van der Waals surface area (Å²) in [5.74, 6) is 0.531. The minimum atomic E-state index is -3.29. The van der Waals surface area contributed by atoms with Gasteiger partial charge in [-0.15, -0.1) is 0 Å². The van der Waals surface area contributed by atoms with Crippen LogP contribution in [0.4, 0.5) is 0 Å². The summed E-state index contributed by atoms with van der Waals surface area (Å²) in [5.41, 5.74) is 6.31. The SMILES string of the molecule is COCC(N)c1noc(-c2cccc(S(C)(=O)=O)c2)n1. The molecule has 8 heteroatoms. The predicted octanol–water partition coefficient (Wildman–Crippen LogP) is 0.786. The van der Waals surface area contributed by atoms with Gasteiger partial charge >= 0.3 is 0 Å². The summed E-state index contributed by atoms with van der Waals surface area (Å²) in [4.78, 5) is 4.34. The van der Waals surface area contributed by atoms with Crippen LogP contribution in [0, 0.1) is 0 Å². The first-order valence-corrected chi connectivity index (χ1v) is 7.69. The van der Waals surface area contributed by atoms with E-state index < -0.39 is 15.9 Å². The van der Waals surface area contributed by atoms with Gasteiger partial charge in [-0.25, -0.2) is 8.42 Å². The lowest BCUT2D eigenvalue weighted by Crippen LogP contribution is -2.17. The van der Waals surface area contributed by atoms with E-state index in [1.807, 2.05) is 0 Å². The Balaban J connectivity index is 2.33. The van der Waals surface area contributed by atoms with Gasteiger partial charge in [0.15, 0.2) is 15.7 Å². The molecule has 0 saturated carbocycles. The summed E-state index contributed by atoms with van der Waals surface area (Å²) >= 11 is 0. The normalized spacial score (nSPS) is 13.3. The first-order chi connectivity index (χ1) is 9.41. The van der Waals surface area contributed by atoms with Crippen molar-refractivity contribution >= 4 is 9.84 Å². The fourth-order valence-corrected chi connectivity index (χ4v) is 2.28. The molecular weight excluding hydrogens is 282 g/mol. The minimum absolute atomic E-state index is 0.191. The van der Waals surface area contributed by atoms with Crippen molar-refractivity contribution in [3.8, 4) is 11.5 Å². The van der Waals surface area contributed by atoms with Gasteiger partial charge in [0.1, 0.15) is 0 Å². The molecule has 1 unspecified atom stereocenters. The van der Waals surface area contributed by atoms with Gasteiger partial charge in [0.25, 0.3) is 5.89 Å². The lowest BCUT2D eigenvalue weighted by Gasteiger charge is -2.03. The molecule has 1 atom stereocenters. The summed E-state index contributed by atoms with van der Waals surface area (Å²) in [7, 11) is -1.76. The average Bonchev–Trinajstić information content (AvgIpc) is 2.88. The standard InChI is InChI=1S/C12H15N3O4S/c1-18-7-10(13)11-14-12(19-15-11)8-4-3-5-9(6-8)20(2,16)17/h3-6,10H,7,13H2,1-2H3. The van der Waals surface area contributed by atoms with Crippen molar-refractivity contribution in [3.05, 3.63) is 30.1 Å². The van der Waals surface area contributed by atoms with E-state index in [2.05, 4.69) is 10.1 Å². The van der Waals surface area contributed by atoms with Crippen LogP contribution in [-0.2, 0) is 14.6 Å². The topological polar surface area (TPSA) is 108 Å². The fourth-order valence-electron chi connectivity index (χ4n) is 1.62. The van der Waals surface area contributed by atoms with Gasteiger partial charge in [0, 0.05) is 18.9 Å². The Morgan fingerprint density at radius 1 is 1.45 bits per heavy atom. The van der Waals surface area contributed by atoms with Crippen LogP contribution in [0.2, 0.25) is 0 Å². The van der Waals surface area contributed by atoms with Crippen molar-refractivity contribution in [1.82, 2.24) is 10.1 Å². The number of nitrogens with zero attached hydrogens (tertiary/aromatic N) is 2. The Kier molecular flexibility index (Phi) is 4.17. The van der Waals surface area contributed by atoms with Gasteiger partial charge in [-0.1, -0.05) is 11.2 Å². The molecule has 0 spiro atoms. The quantitative estimate of drug-likeness (QED) is 0.868. The van der Waals surface area contributed by atoms with Gasteiger partial charge in [-0.2, -0.15) is 4.98 Å². The predicted molar refractivity (Wildman–Crippen MR) is 71.6 cm³/mol. The van der Waals surface area contributed by atoms with E-state index in [1.54, 1.807) is 12.1 Å². The summed E-state index contributed by atoms with van der Waals surface area (Å²) in [5, 5.41) is 3.76. The highest BCUT2D eigenvalue weighted by Gasteiger charge is 2.16. The number of aromatic nitrogens is 2. The molecule has 0 bridgehead atoms. The van der Waals surface area contributed by atoms with Crippen LogP contribution in [0.5, 0.6) is 0 Å². The third kappa shape index (κ3) is 3.21. The third-order valence-corrected chi connectivity index (χ3v) is 3.74. The zero-order chi connectivity index (χ0) is 14.8. The van der Waals surface area contributed by atoms with E-state index in [-0.39, 0.29) is 17.4 Å². The lowest BCUT2D eigenvalue weighted by molar-refractivity contribution is 0.177. The van der Waals surface area contributed by atoms with Crippen LogP contribution in [-0.4, -0.2) is 38.5 Å². The minimum Gasteiger partial charge on any atom is -0.383 e. The largest absolute Gasteiger partial charge is 0.383 e. The number of benzene rings is 1. The summed E-state index contributed by atoms with van der Waals surface area (Å²) in [6.45, 7) is 0.266. The maximum Gasteiger partial charge on any atom is 0.258 e. The van der Waals surface area contributed by atoms with E-state index in [4.69, 9.17) is 15.0 Å². The van der Waals surface area contributed by atoms with Gasteiger partial charge in [-0.05, 0) is 18.2 Å². The molecule has 1 aromatic carbocycles. The molecule has 7 nitrogen and oxygen atoms in total. The van der Waals surface area contributed by atoms with Crippen LogP contribution in [0.25, 0.3) is 11.5 Å². The molecule has 2 N–H and O–H groups in total. The zero-order valence-corrected chi connectivity index (χ0v) is 11.9. The fraction of sp³-hybridized carbons (Fsp3) is 0.333. The van der Waals surface area contributed by atoms with Gasteiger partial charge in [-0.3, -0.25) is 0 Å². The van der Waals surface area contributed by atoms with E-state index in [0.29, 0.717) is 11.4 Å². The molecule has 20 heavy (non-hydrogen) atoms. The maximum absolute atomic E-state index is 11.5. The molecular formula is C12H15N3O4S. The molecule has 0 fully saturated rings. The molecule has 1 heterocycles. The summed E-state index contributed by atoms with van der Waals surface area (Å²) < 4.78 is 33.0. The number of rotatable bonds is 5. The Morgan fingerprint density at radius 3 is 2.85 bits per heavy atom. The molecule has 2 aromatic rings. The number of hydrogen-bond acceptors (Lipinski definition) is 7. The summed E-state index contributed by atoms with van der Waals surface area (Å²) in [6.07, 6.45) is 1.14. The molecule has 2 rings (SSSR count). The molecule has 0 aliphatic rings. The molecule has 108 valence electrons. The number of hydrogen-bond donors (Lipinski definition) is 1. The van der Waals surface area contributed by atoms with Gasteiger partial charge < -0.3 is 15.0 Å². The van der Waals surface area contributed by atoms with E-state index in [1.165, 1.54) is 19.2 Å². The Morgan fingerprint density at radius 2 is 2.20 bits per heavy atom. The second-order valence-electron chi connectivity index (χ2n) is 4.32. The number of sulfone groups is 1. The number of nitrogens with two attached hydrogens (primary N) is 1. The third-order valence-electron chi connectivity index (χ3n) is 2.63. The number of methoxy groups -OCH3 is 1. The van der Waals surface area contributed by atoms with Crippen molar-refractivity contribution in [2.24, 2.45) is 5.73 Å². The van der Waals surface area contributed by atoms with Crippen molar-refractivity contribution < 1.29 is 17.7 Å². The highest BCUT2D eigenvalue weighted by molar-refractivity contribution is 7.90. The molecule has 0 saturated heterocycles. The first-order valence-electron chi connectivity index (χ1n) is 5.80. The zero-order valence-electron chi connectivity index (χ0n) is 11.1. The first kappa shape index (κ1) is 14.6. The smallest absolute Gasteiger partial charge is 0.258 e. The van der Waals surface area contributed by atoms with E-state index in [9.17, 15) is 8.42 Å². The average molecular weight is 297 g/mol. The highest BCUT2D eigenvalue weighted by atomic mass is 32.2. The molecule has 0 aliphatic heterocycles. The van der Waals surface area contributed by atoms with Crippen LogP contribution in [0.15, 0.2) is 33.7 Å². The highest BCUT2D eigenvalue weighted by Crippen LogP contribution is 2.22. The second kappa shape index (κ2) is 5.70. The monoisotopic (exact) mass is 297 g/mol. The number of ether oxygens (including phenoxy) is 1. The summed E-state index contributed by atoms with van der Waals surface area (Å²) in [6, 6.07) is 5.80. The Labute approximate surface area is 116 Å². The molecule has 0 amide bonds. The van der Waals surface area contributed by atoms with Crippen LogP contribution < -0.4 is 5.73 Å². The molecule has 0 aliphatic carbocycles. The Hall–Kier alpha value is -1.77. The molecule has 0 radical (unpaired) electrons. The van der Waals surface area contributed by atoms with Gasteiger partial charge in [0.2, 0.25) is 0 Å². The van der Waals surface area contributed by atoms with Crippen molar-refractivity contribution in [2.75, 3.05) is 20.0 Å². The van der Waals surface area contributed by atoms with Crippen LogP contribution in [0.1, 0.15) is 11.9 Å². The molecule has 1 aromatic heterocycles.